The zero-order chi connectivity index (χ0) is 22.7. The van der Waals surface area contributed by atoms with Crippen LogP contribution in [0.4, 0.5) is 0 Å². The molecule has 2 aromatic carbocycles. The van der Waals surface area contributed by atoms with Crippen molar-refractivity contribution >= 4 is 22.6 Å². The van der Waals surface area contributed by atoms with E-state index in [2.05, 4.69) is 50.7 Å². The van der Waals surface area contributed by atoms with Crippen LogP contribution in [0.1, 0.15) is 28.9 Å². The van der Waals surface area contributed by atoms with Crippen molar-refractivity contribution in [2.45, 2.75) is 39.3 Å². The normalized spacial score (nSPS) is 16.8. The number of H-pyrrole nitrogens is 1. The first-order chi connectivity index (χ1) is 15.4. The fourth-order valence-electron chi connectivity index (χ4n) is 4.41. The molecule has 1 atom stereocenters. The molecule has 7 heteroatoms. The number of carbonyl (C=O) groups is 2. The zero-order valence-electron chi connectivity index (χ0n) is 19.0. The van der Waals surface area contributed by atoms with Gasteiger partial charge in [-0.2, -0.15) is 5.10 Å². The van der Waals surface area contributed by atoms with E-state index in [-0.39, 0.29) is 18.2 Å². The van der Waals surface area contributed by atoms with Crippen molar-refractivity contribution in [1.82, 2.24) is 25.3 Å². The number of carbonyl (C=O) groups excluding carboxylic acids is 2. The first kappa shape index (κ1) is 22.0. The van der Waals surface area contributed by atoms with Crippen LogP contribution >= 0.6 is 0 Å². The summed E-state index contributed by atoms with van der Waals surface area (Å²) >= 11 is 0. The molecule has 2 N–H and O–H groups in total. The van der Waals surface area contributed by atoms with Gasteiger partial charge in [0, 0.05) is 38.9 Å². The molecular weight excluding hydrogens is 402 g/mol. The largest absolute Gasteiger partial charge is 0.353 e. The summed E-state index contributed by atoms with van der Waals surface area (Å²) in [6, 6.07) is 14.2. The van der Waals surface area contributed by atoms with Gasteiger partial charge in [0.2, 0.25) is 11.8 Å². The van der Waals surface area contributed by atoms with Gasteiger partial charge in [-0.25, -0.2) is 0 Å². The molecule has 0 unspecified atom stereocenters. The lowest BCUT2D eigenvalue weighted by molar-refractivity contribution is -0.138. The number of benzene rings is 2. The summed E-state index contributed by atoms with van der Waals surface area (Å²) in [6.07, 6.45) is 0.924. The van der Waals surface area contributed by atoms with Gasteiger partial charge in [-0.15, -0.1) is 0 Å². The number of hydrogen-bond donors (Lipinski definition) is 2. The third-order valence-electron chi connectivity index (χ3n) is 6.41. The van der Waals surface area contributed by atoms with E-state index in [0.717, 1.165) is 35.5 Å². The third-order valence-corrected chi connectivity index (χ3v) is 6.41. The van der Waals surface area contributed by atoms with Crippen LogP contribution in [0.5, 0.6) is 0 Å². The summed E-state index contributed by atoms with van der Waals surface area (Å²) in [4.78, 5) is 29.5. The Balaban J connectivity index is 1.41. The number of fused-ring (bicyclic) bond motifs is 1. The third kappa shape index (κ3) is 4.83. The Hall–Kier alpha value is -3.19. The van der Waals surface area contributed by atoms with E-state index in [9.17, 15) is 9.59 Å². The van der Waals surface area contributed by atoms with Crippen LogP contribution in [-0.4, -0.2) is 64.5 Å². The molecule has 4 rings (SSSR count). The number of amides is 2. The standard InChI is InChI=1S/C25H31N5O2/c1-17-22(18(2)28-27-17)10-12-29(3)24(31)15-23-25(32)26-11-13-30(23)16-19-8-9-20-6-4-5-7-21(20)14-19/h4-9,14,23H,10-13,15-16H2,1-3H3,(H,26,32)(H,27,28)/t23-/m1/s1. The summed E-state index contributed by atoms with van der Waals surface area (Å²) < 4.78 is 0. The zero-order valence-corrected chi connectivity index (χ0v) is 19.0. The van der Waals surface area contributed by atoms with Crippen LogP contribution in [0.3, 0.4) is 0 Å². The van der Waals surface area contributed by atoms with Gasteiger partial charge < -0.3 is 10.2 Å². The van der Waals surface area contributed by atoms with Crippen molar-refractivity contribution in [3.63, 3.8) is 0 Å². The number of hydrogen-bond acceptors (Lipinski definition) is 4. The predicted molar refractivity (Wildman–Crippen MR) is 125 cm³/mol. The summed E-state index contributed by atoms with van der Waals surface area (Å²) in [5.74, 6) is -0.0883. The maximum Gasteiger partial charge on any atom is 0.237 e. The van der Waals surface area contributed by atoms with Gasteiger partial charge in [0.05, 0.1) is 18.2 Å². The van der Waals surface area contributed by atoms with E-state index >= 15 is 0 Å². The Morgan fingerprint density at radius 3 is 2.72 bits per heavy atom. The van der Waals surface area contributed by atoms with Gasteiger partial charge in [0.1, 0.15) is 0 Å². The molecule has 0 saturated carbocycles. The predicted octanol–water partition coefficient (Wildman–Crippen LogP) is 2.57. The first-order valence-electron chi connectivity index (χ1n) is 11.2. The molecule has 168 valence electrons. The lowest BCUT2D eigenvalue weighted by atomic mass is 10.0. The Morgan fingerprint density at radius 1 is 1.19 bits per heavy atom. The lowest BCUT2D eigenvalue weighted by Gasteiger charge is -2.35. The van der Waals surface area contributed by atoms with Gasteiger partial charge in [-0.1, -0.05) is 36.4 Å². The molecule has 0 radical (unpaired) electrons. The highest BCUT2D eigenvalue weighted by molar-refractivity contribution is 5.89. The number of piperazine rings is 1. The first-order valence-corrected chi connectivity index (χ1v) is 11.2. The molecule has 1 saturated heterocycles. The molecule has 32 heavy (non-hydrogen) atoms. The Kier molecular flexibility index (Phi) is 6.55. The second-order valence-electron chi connectivity index (χ2n) is 8.64. The minimum Gasteiger partial charge on any atom is -0.353 e. The van der Waals surface area contributed by atoms with Crippen LogP contribution < -0.4 is 5.32 Å². The van der Waals surface area contributed by atoms with Crippen molar-refractivity contribution < 1.29 is 9.59 Å². The summed E-state index contributed by atoms with van der Waals surface area (Å²) in [5.41, 5.74) is 4.31. The molecule has 1 aromatic heterocycles. The van der Waals surface area contributed by atoms with E-state index in [4.69, 9.17) is 0 Å². The number of likely N-dealkylation sites (N-methyl/N-ethyl adjacent to an activating group) is 1. The second-order valence-corrected chi connectivity index (χ2v) is 8.64. The average molecular weight is 434 g/mol. The second kappa shape index (κ2) is 9.53. The summed E-state index contributed by atoms with van der Waals surface area (Å²) in [7, 11) is 1.81. The molecule has 2 amide bonds. The van der Waals surface area contributed by atoms with Gasteiger partial charge in [-0.3, -0.25) is 19.6 Å². The van der Waals surface area contributed by atoms with E-state index in [1.165, 1.54) is 10.8 Å². The summed E-state index contributed by atoms with van der Waals surface area (Å²) in [5, 5.41) is 12.5. The number of nitrogens with zero attached hydrogens (tertiary/aromatic N) is 3. The van der Waals surface area contributed by atoms with Gasteiger partial charge in [0.25, 0.3) is 0 Å². The van der Waals surface area contributed by atoms with Crippen LogP contribution in [0, 0.1) is 13.8 Å². The number of aromatic amines is 1. The molecule has 0 bridgehead atoms. The SMILES string of the molecule is Cc1n[nH]c(C)c1CCN(C)C(=O)C[C@@H]1C(=O)NCCN1Cc1ccc2ccccc2c1. The van der Waals surface area contributed by atoms with E-state index < -0.39 is 6.04 Å². The summed E-state index contributed by atoms with van der Waals surface area (Å²) in [6.45, 7) is 6.54. The van der Waals surface area contributed by atoms with Crippen LogP contribution in [0.15, 0.2) is 42.5 Å². The van der Waals surface area contributed by atoms with Crippen LogP contribution in [0.25, 0.3) is 10.8 Å². The van der Waals surface area contributed by atoms with Crippen molar-refractivity contribution in [2.75, 3.05) is 26.7 Å². The highest BCUT2D eigenvalue weighted by Gasteiger charge is 2.32. The van der Waals surface area contributed by atoms with E-state index in [1.54, 1.807) is 4.90 Å². The van der Waals surface area contributed by atoms with Crippen molar-refractivity contribution in [3.8, 4) is 0 Å². The average Bonchev–Trinajstić information content (AvgIpc) is 3.11. The Labute approximate surface area is 188 Å². The molecule has 3 aromatic rings. The molecule has 2 heterocycles. The maximum atomic E-state index is 13.0. The minimum atomic E-state index is -0.456. The maximum absolute atomic E-state index is 13.0. The molecule has 7 nitrogen and oxygen atoms in total. The Bertz CT molecular complexity index is 1100. The highest BCUT2D eigenvalue weighted by Crippen LogP contribution is 2.20. The Morgan fingerprint density at radius 2 is 1.97 bits per heavy atom. The van der Waals surface area contributed by atoms with Crippen molar-refractivity contribution in [3.05, 3.63) is 65.0 Å². The molecule has 0 spiro atoms. The molecule has 1 fully saturated rings. The van der Waals surface area contributed by atoms with Crippen molar-refractivity contribution in [2.24, 2.45) is 0 Å². The highest BCUT2D eigenvalue weighted by atomic mass is 16.2. The quantitative estimate of drug-likeness (QED) is 0.600. The van der Waals surface area contributed by atoms with Gasteiger partial charge in [0.15, 0.2) is 0 Å². The minimum absolute atomic E-state index is 0.0191. The fourth-order valence-corrected chi connectivity index (χ4v) is 4.41. The van der Waals surface area contributed by atoms with E-state index in [0.29, 0.717) is 19.6 Å². The number of nitrogens with one attached hydrogen (secondary N) is 2. The van der Waals surface area contributed by atoms with Crippen LogP contribution in [0.2, 0.25) is 0 Å². The van der Waals surface area contributed by atoms with Crippen molar-refractivity contribution in [1.29, 1.82) is 0 Å². The topological polar surface area (TPSA) is 81.3 Å². The lowest BCUT2D eigenvalue weighted by Crippen LogP contribution is -2.56. The molecule has 1 aliphatic rings. The number of rotatable bonds is 7. The monoisotopic (exact) mass is 433 g/mol. The fraction of sp³-hybridized carbons (Fsp3) is 0.400. The molecule has 1 aliphatic heterocycles. The van der Waals surface area contributed by atoms with Gasteiger partial charge in [-0.05, 0) is 48.2 Å². The van der Waals surface area contributed by atoms with Gasteiger partial charge >= 0.3 is 0 Å². The molecular formula is C25H31N5O2. The molecule has 0 aliphatic carbocycles. The van der Waals surface area contributed by atoms with Crippen LogP contribution in [-0.2, 0) is 22.6 Å². The number of aromatic nitrogens is 2. The van der Waals surface area contributed by atoms with E-state index in [1.807, 2.05) is 33.0 Å². The smallest absolute Gasteiger partial charge is 0.237 e. The number of aryl methyl sites for hydroxylation is 2.